The van der Waals surface area contributed by atoms with E-state index in [9.17, 15) is 19.5 Å². The molecule has 3 heterocycles. The van der Waals surface area contributed by atoms with Crippen LogP contribution in [0.5, 0.6) is 0 Å². The Morgan fingerprint density at radius 2 is 1.75 bits per heavy atom. The number of nitrogens with zero attached hydrogens (tertiary/aromatic N) is 2. The van der Waals surface area contributed by atoms with Gasteiger partial charge in [0.1, 0.15) is 24.0 Å². The number of fused-ring (bicyclic) bond motifs is 2. The third-order valence-electron chi connectivity index (χ3n) is 12.2. The molecule has 0 unspecified atom stereocenters. The average molecular weight is 778 g/mol. The number of benzene rings is 2. The number of hydrazine groups is 1. The Labute approximate surface area is 332 Å². The van der Waals surface area contributed by atoms with Crippen LogP contribution in [0.1, 0.15) is 80.2 Å². The van der Waals surface area contributed by atoms with Crippen molar-refractivity contribution in [2.45, 2.75) is 129 Å². The molecule has 0 aromatic heterocycles. The van der Waals surface area contributed by atoms with Gasteiger partial charge in [-0.05, 0) is 77.4 Å². The molecule has 2 fully saturated rings. The number of rotatable bonds is 9. The van der Waals surface area contributed by atoms with Crippen molar-refractivity contribution >= 4 is 34.7 Å². The number of amides is 1. The second-order valence-electron chi connectivity index (χ2n) is 16.7. The number of carbonyl (C=O) groups excluding carboxylic acids is 3. The van der Waals surface area contributed by atoms with Crippen LogP contribution < -0.4 is 5.43 Å². The second-order valence-corrected chi connectivity index (χ2v) is 16.7. The fourth-order valence-corrected chi connectivity index (χ4v) is 9.17. The Morgan fingerprint density at radius 3 is 2.43 bits per heavy atom. The van der Waals surface area contributed by atoms with Crippen LogP contribution in [0.2, 0.25) is 0 Å². The average Bonchev–Trinajstić information content (AvgIpc) is 3.42. The summed E-state index contributed by atoms with van der Waals surface area (Å²) in [5.74, 6) is -2.47. The summed E-state index contributed by atoms with van der Waals surface area (Å²) < 4.78 is 31.5. The second kappa shape index (κ2) is 17.9. The number of hydrogen-bond donors (Lipinski definition) is 2. The van der Waals surface area contributed by atoms with E-state index in [1.807, 2.05) is 90.0 Å². The molecule has 2 saturated heterocycles. The van der Waals surface area contributed by atoms with Gasteiger partial charge in [-0.2, -0.15) is 0 Å². The lowest BCUT2D eigenvalue weighted by molar-refractivity contribution is -0.294. The van der Waals surface area contributed by atoms with Gasteiger partial charge < -0.3 is 33.7 Å². The van der Waals surface area contributed by atoms with Gasteiger partial charge in [-0.3, -0.25) is 4.79 Å². The maximum atomic E-state index is 14.7. The van der Waals surface area contributed by atoms with Crippen LogP contribution in [0.25, 0.3) is 16.8 Å². The van der Waals surface area contributed by atoms with Crippen molar-refractivity contribution in [1.29, 1.82) is 0 Å². The zero-order valence-corrected chi connectivity index (χ0v) is 35.0. The van der Waals surface area contributed by atoms with Crippen LogP contribution in [0, 0.1) is 17.8 Å². The predicted octanol–water partition coefficient (Wildman–Crippen LogP) is 6.30. The van der Waals surface area contributed by atoms with Gasteiger partial charge in [-0.25, -0.2) is 20.0 Å². The minimum Gasteiger partial charge on any atom is -0.455 e. The molecule has 2 aromatic rings. The summed E-state index contributed by atoms with van der Waals surface area (Å²) in [6.45, 7) is 14.9. The minimum absolute atomic E-state index is 0.118. The number of aliphatic hydroxyl groups is 1. The molecule has 1 amide bonds. The number of methoxy groups -OCH3 is 1. The maximum Gasteiger partial charge on any atom is 0.425 e. The highest BCUT2D eigenvalue weighted by molar-refractivity contribution is 5.90. The SMILES string of the molecule is CC[C@H]1OC(=O)/C(C)=C/[C@H](C)[C@@H](O[C@@H]2O[C@H](C)C[C@H](N(C)C)[C@H]2O)[C@](C)(OC)C[C@@H](C)C(=O)[C@H](C)[C@H]2N(NC/C=C/c3cccc4ccccc34)C(=O)O[C@]12C. The predicted molar refractivity (Wildman–Crippen MR) is 215 cm³/mol. The highest BCUT2D eigenvalue weighted by atomic mass is 16.7. The first kappa shape index (κ1) is 43.5. The highest BCUT2D eigenvalue weighted by Crippen LogP contribution is 2.42. The van der Waals surface area contributed by atoms with E-state index >= 15 is 0 Å². The van der Waals surface area contributed by atoms with Gasteiger partial charge in [-0.15, -0.1) is 0 Å². The molecule has 0 spiro atoms. The topological polar surface area (TPSA) is 136 Å². The molecular formula is C44H63N3O9. The number of cyclic esters (lactones) is 1. The standard InChI is InChI=1S/C44H63N3O9/c1-12-35-44(8)38(47(42(51)56-44)45-22-16-20-32-19-15-18-31-17-13-14-21-33(31)32)30(6)36(48)28(4)25-43(7,52-11)39(26(2)23-27(3)40(50)54-35)55-41-37(49)34(46(9)10)24-29(5)53-41/h13-21,23,26,28-30,34-35,37-39,41,45,49H,12,22,24-25H2,1-11H3/b20-16+,27-23+/t26-,28+,29+,30-,34-,35+,37+,38+,39+,41-,43+,44+/m0/s1. The zero-order chi connectivity index (χ0) is 41.1. The van der Waals surface area contributed by atoms with Gasteiger partial charge in [0.2, 0.25) is 0 Å². The number of likely N-dealkylation sites (N-methyl/N-ethyl adjacent to an activating group) is 1. The number of hydrogen-bond acceptors (Lipinski definition) is 11. The minimum atomic E-state index is -1.37. The number of carbonyl (C=O) groups is 3. The van der Waals surface area contributed by atoms with Gasteiger partial charge in [-0.1, -0.05) is 88.4 Å². The summed E-state index contributed by atoms with van der Waals surface area (Å²) >= 11 is 0. The lowest BCUT2D eigenvalue weighted by Gasteiger charge is -2.46. The largest absolute Gasteiger partial charge is 0.455 e. The van der Waals surface area contributed by atoms with Crippen LogP contribution in [-0.4, -0.2) is 115 Å². The Morgan fingerprint density at radius 1 is 1.05 bits per heavy atom. The number of nitrogens with one attached hydrogen (secondary N) is 1. The van der Waals surface area contributed by atoms with Crippen molar-refractivity contribution in [3.8, 4) is 0 Å². The fourth-order valence-electron chi connectivity index (χ4n) is 9.17. The molecule has 0 bridgehead atoms. The summed E-state index contributed by atoms with van der Waals surface area (Å²) in [6.07, 6.45) is 2.47. The molecule has 12 nitrogen and oxygen atoms in total. The lowest BCUT2D eigenvalue weighted by Crippen LogP contribution is -2.60. The van der Waals surface area contributed by atoms with Gasteiger partial charge in [0.25, 0.3) is 0 Å². The van der Waals surface area contributed by atoms with E-state index in [0.29, 0.717) is 18.4 Å². The molecule has 0 saturated carbocycles. The number of ketones is 1. The normalized spacial score (nSPS) is 37.3. The fraction of sp³-hybridized carbons (Fsp3) is 0.614. The molecule has 0 radical (unpaired) electrons. The summed E-state index contributed by atoms with van der Waals surface area (Å²) in [7, 11) is 5.40. The van der Waals surface area contributed by atoms with Crippen molar-refractivity contribution in [1.82, 2.24) is 15.3 Å². The summed E-state index contributed by atoms with van der Waals surface area (Å²) in [5.41, 5.74) is 2.13. The quantitative estimate of drug-likeness (QED) is 0.278. The van der Waals surface area contributed by atoms with Crippen molar-refractivity contribution < 1.29 is 43.2 Å². The third-order valence-corrected chi connectivity index (χ3v) is 12.2. The molecule has 308 valence electrons. The number of Topliss-reactive ketones (excluding diaryl/α,β-unsaturated/α-hetero) is 1. The number of aliphatic hydroxyl groups excluding tert-OH is 1. The summed E-state index contributed by atoms with van der Waals surface area (Å²) in [4.78, 5) is 44.3. The van der Waals surface area contributed by atoms with Crippen LogP contribution in [0.15, 0.2) is 60.2 Å². The van der Waals surface area contributed by atoms with Gasteiger partial charge in [0, 0.05) is 43.0 Å². The Bertz CT molecular complexity index is 1780. The maximum absolute atomic E-state index is 14.7. The van der Waals surface area contributed by atoms with Crippen LogP contribution in [-0.2, 0) is 33.3 Å². The molecule has 0 aliphatic carbocycles. The molecule has 12 atom stereocenters. The monoisotopic (exact) mass is 777 g/mol. The van der Waals surface area contributed by atoms with Crippen molar-refractivity contribution in [2.75, 3.05) is 27.7 Å². The molecule has 5 rings (SSSR count). The lowest BCUT2D eigenvalue weighted by atomic mass is 9.74. The smallest absolute Gasteiger partial charge is 0.425 e. The Balaban J connectivity index is 1.49. The van der Waals surface area contributed by atoms with E-state index in [1.165, 1.54) is 5.01 Å². The van der Waals surface area contributed by atoms with E-state index < -0.39 is 71.7 Å². The van der Waals surface area contributed by atoms with E-state index in [1.54, 1.807) is 34.0 Å². The van der Waals surface area contributed by atoms with Crippen molar-refractivity contribution in [2.24, 2.45) is 17.8 Å². The first-order chi connectivity index (χ1) is 26.4. The van der Waals surface area contributed by atoms with Gasteiger partial charge in [0.05, 0.1) is 17.8 Å². The van der Waals surface area contributed by atoms with E-state index in [2.05, 4.69) is 23.6 Å². The van der Waals surface area contributed by atoms with Gasteiger partial charge in [0.15, 0.2) is 11.9 Å². The van der Waals surface area contributed by atoms with Crippen molar-refractivity contribution in [3.05, 3.63) is 65.8 Å². The number of ether oxygens (including phenoxy) is 5. The summed E-state index contributed by atoms with van der Waals surface area (Å²) in [5, 5.41) is 15.1. The Hall–Kier alpha value is -3.65. The molecule has 2 aromatic carbocycles. The van der Waals surface area contributed by atoms with Crippen molar-refractivity contribution in [3.63, 3.8) is 0 Å². The van der Waals surface area contributed by atoms with E-state index in [0.717, 1.165) is 16.3 Å². The Kier molecular flexibility index (Phi) is 13.9. The van der Waals surface area contributed by atoms with Gasteiger partial charge >= 0.3 is 12.1 Å². The van der Waals surface area contributed by atoms with E-state index in [-0.39, 0.29) is 30.9 Å². The highest BCUT2D eigenvalue weighted by Gasteiger charge is 2.60. The molecule has 2 N–H and O–H groups in total. The number of esters is 1. The summed E-state index contributed by atoms with van der Waals surface area (Å²) in [6, 6.07) is 13.2. The van der Waals surface area contributed by atoms with Crippen LogP contribution in [0.4, 0.5) is 4.79 Å². The third kappa shape index (κ3) is 8.90. The molecule has 3 aliphatic rings. The van der Waals surface area contributed by atoms with E-state index in [4.69, 9.17) is 23.7 Å². The molecule has 56 heavy (non-hydrogen) atoms. The zero-order valence-electron chi connectivity index (χ0n) is 35.0. The first-order valence-electron chi connectivity index (χ1n) is 20.0. The molecular weight excluding hydrogens is 714 g/mol. The molecule has 3 aliphatic heterocycles. The molecule has 12 heteroatoms. The van der Waals surface area contributed by atoms with Crippen LogP contribution in [0.3, 0.4) is 0 Å². The first-order valence-corrected chi connectivity index (χ1v) is 20.0. The van der Waals surface area contributed by atoms with Crippen LogP contribution >= 0.6 is 0 Å².